The van der Waals surface area contributed by atoms with Crippen LogP contribution in [0.5, 0.6) is 0 Å². The Morgan fingerprint density at radius 1 is 1.57 bits per heavy atom. The number of ether oxygens (including phenoxy) is 1. The van der Waals surface area contributed by atoms with Crippen molar-refractivity contribution in [2.45, 2.75) is 24.0 Å². The molecule has 3 N–H and O–H groups in total. The predicted octanol–water partition coefficient (Wildman–Crippen LogP) is -1.16. The number of aryl methyl sites for hydroxylation is 1. The Kier molecular flexibility index (Phi) is 5.71. The summed E-state index contributed by atoms with van der Waals surface area (Å²) in [6, 6.07) is 0. The lowest BCUT2D eigenvalue weighted by molar-refractivity contribution is -0.0156. The highest BCUT2D eigenvalue weighted by Crippen LogP contribution is 2.08. The van der Waals surface area contributed by atoms with Crippen molar-refractivity contribution in [3.8, 4) is 0 Å². The van der Waals surface area contributed by atoms with E-state index in [0.29, 0.717) is 19.7 Å². The SMILES string of the molecule is CN1CCOC(CNS(=O)(=O)c2cnn(CCCN)c2)C1. The lowest BCUT2D eigenvalue weighted by atomic mass is 10.3. The molecule has 1 unspecified atom stereocenters. The molecule has 0 aromatic carbocycles. The first-order chi connectivity index (χ1) is 10.0. The summed E-state index contributed by atoms with van der Waals surface area (Å²) in [4.78, 5) is 2.29. The summed E-state index contributed by atoms with van der Waals surface area (Å²) in [5.41, 5.74) is 5.42. The van der Waals surface area contributed by atoms with Gasteiger partial charge < -0.3 is 15.4 Å². The summed E-state index contributed by atoms with van der Waals surface area (Å²) in [6.45, 7) is 3.64. The maximum atomic E-state index is 12.2. The van der Waals surface area contributed by atoms with E-state index in [4.69, 9.17) is 10.5 Å². The zero-order chi connectivity index (χ0) is 15.3. The number of sulfonamides is 1. The second-order valence-corrected chi connectivity index (χ2v) is 6.96. The summed E-state index contributed by atoms with van der Waals surface area (Å²) < 4.78 is 34.1. The van der Waals surface area contributed by atoms with E-state index in [2.05, 4.69) is 14.7 Å². The van der Waals surface area contributed by atoms with Gasteiger partial charge in [-0.15, -0.1) is 0 Å². The van der Waals surface area contributed by atoms with E-state index in [0.717, 1.165) is 19.5 Å². The third-order valence-electron chi connectivity index (χ3n) is 3.35. The maximum Gasteiger partial charge on any atom is 0.243 e. The second-order valence-electron chi connectivity index (χ2n) is 5.19. The highest BCUT2D eigenvalue weighted by molar-refractivity contribution is 7.89. The topological polar surface area (TPSA) is 102 Å². The van der Waals surface area contributed by atoms with Crippen molar-refractivity contribution in [1.29, 1.82) is 0 Å². The van der Waals surface area contributed by atoms with E-state index < -0.39 is 10.0 Å². The molecule has 0 spiro atoms. The van der Waals surface area contributed by atoms with E-state index in [1.54, 1.807) is 4.68 Å². The molecule has 0 radical (unpaired) electrons. The van der Waals surface area contributed by atoms with Crippen molar-refractivity contribution < 1.29 is 13.2 Å². The van der Waals surface area contributed by atoms with Crippen LogP contribution in [0.1, 0.15) is 6.42 Å². The van der Waals surface area contributed by atoms with Gasteiger partial charge in [0.2, 0.25) is 10.0 Å². The van der Waals surface area contributed by atoms with Crippen LogP contribution < -0.4 is 10.5 Å². The van der Waals surface area contributed by atoms with Crippen LogP contribution in [0, 0.1) is 0 Å². The largest absolute Gasteiger partial charge is 0.374 e. The van der Waals surface area contributed by atoms with Gasteiger partial charge in [-0.1, -0.05) is 0 Å². The Labute approximate surface area is 125 Å². The van der Waals surface area contributed by atoms with Gasteiger partial charge in [0.25, 0.3) is 0 Å². The van der Waals surface area contributed by atoms with Crippen molar-refractivity contribution in [1.82, 2.24) is 19.4 Å². The van der Waals surface area contributed by atoms with Gasteiger partial charge in [0.05, 0.1) is 18.9 Å². The minimum atomic E-state index is -3.54. The lowest BCUT2D eigenvalue weighted by Gasteiger charge is -2.29. The highest BCUT2D eigenvalue weighted by atomic mass is 32.2. The molecule has 0 saturated carbocycles. The number of aromatic nitrogens is 2. The summed E-state index contributed by atoms with van der Waals surface area (Å²) in [5, 5.41) is 4.03. The predicted molar refractivity (Wildman–Crippen MR) is 78.3 cm³/mol. The normalized spacial score (nSPS) is 20.8. The van der Waals surface area contributed by atoms with Crippen LogP contribution in [0.3, 0.4) is 0 Å². The van der Waals surface area contributed by atoms with E-state index >= 15 is 0 Å². The molecular weight excluding hydrogens is 294 g/mol. The molecule has 1 aliphatic heterocycles. The number of morpholine rings is 1. The highest BCUT2D eigenvalue weighted by Gasteiger charge is 2.22. The zero-order valence-corrected chi connectivity index (χ0v) is 13.1. The number of hydrogen-bond donors (Lipinski definition) is 2. The summed E-state index contributed by atoms with van der Waals surface area (Å²) >= 11 is 0. The minimum absolute atomic E-state index is 0.120. The van der Waals surface area contributed by atoms with Gasteiger partial charge >= 0.3 is 0 Å². The van der Waals surface area contributed by atoms with Gasteiger partial charge in [-0.05, 0) is 20.0 Å². The van der Waals surface area contributed by atoms with Crippen molar-refractivity contribution in [2.75, 3.05) is 39.8 Å². The van der Waals surface area contributed by atoms with Crippen molar-refractivity contribution >= 4 is 10.0 Å². The first-order valence-corrected chi connectivity index (χ1v) is 8.52. The molecule has 0 amide bonds. The smallest absolute Gasteiger partial charge is 0.243 e. The number of nitrogens with one attached hydrogen (secondary N) is 1. The van der Waals surface area contributed by atoms with Crippen LogP contribution in [0.25, 0.3) is 0 Å². The Balaban J connectivity index is 1.90. The van der Waals surface area contributed by atoms with Crippen molar-refractivity contribution in [3.05, 3.63) is 12.4 Å². The average molecular weight is 317 g/mol. The molecule has 9 heteroatoms. The minimum Gasteiger partial charge on any atom is -0.374 e. The molecule has 8 nitrogen and oxygen atoms in total. The standard InChI is InChI=1S/C12H23N5O3S/c1-16-5-6-20-11(9-16)7-15-21(18,19)12-8-14-17(10-12)4-2-3-13/h8,10-11,15H,2-7,9,13H2,1H3. The number of likely N-dealkylation sites (N-methyl/N-ethyl adjacent to an activating group) is 1. The molecular formula is C12H23N5O3S. The second kappa shape index (κ2) is 7.32. The first-order valence-electron chi connectivity index (χ1n) is 7.03. The summed E-state index contributed by atoms with van der Waals surface area (Å²) in [5.74, 6) is 0. The van der Waals surface area contributed by atoms with Gasteiger partial charge in [-0.2, -0.15) is 5.10 Å². The third-order valence-corrected chi connectivity index (χ3v) is 4.73. The fourth-order valence-electron chi connectivity index (χ4n) is 2.14. The van der Waals surface area contributed by atoms with Gasteiger partial charge in [-0.3, -0.25) is 4.68 Å². The van der Waals surface area contributed by atoms with Crippen LogP contribution in [0.2, 0.25) is 0 Å². The van der Waals surface area contributed by atoms with E-state index in [-0.39, 0.29) is 17.5 Å². The van der Waals surface area contributed by atoms with Crippen LogP contribution in [-0.2, 0) is 21.3 Å². The summed E-state index contributed by atoms with van der Waals surface area (Å²) in [6.07, 6.45) is 3.51. The lowest BCUT2D eigenvalue weighted by Crippen LogP contribution is -2.45. The molecule has 120 valence electrons. The molecule has 0 bridgehead atoms. The molecule has 1 aromatic rings. The van der Waals surface area contributed by atoms with Gasteiger partial charge in [0, 0.05) is 32.4 Å². The quantitative estimate of drug-likeness (QED) is 0.658. The number of nitrogens with zero attached hydrogens (tertiary/aromatic N) is 3. The zero-order valence-electron chi connectivity index (χ0n) is 12.2. The molecule has 21 heavy (non-hydrogen) atoms. The molecule has 2 rings (SSSR count). The van der Waals surface area contributed by atoms with Gasteiger partial charge in [0.15, 0.2) is 0 Å². The Bertz CT molecular complexity index is 545. The summed E-state index contributed by atoms with van der Waals surface area (Å²) in [7, 11) is -1.55. The van der Waals surface area contributed by atoms with Gasteiger partial charge in [0.1, 0.15) is 4.90 Å². The number of rotatable bonds is 7. The van der Waals surface area contributed by atoms with Crippen molar-refractivity contribution in [3.63, 3.8) is 0 Å². The Morgan fingerprint density at radius 3 is 3.10 bits per heavy atom. The monoisotopic (exact) mass is 317 g/mol. The van der Waals surface area contributed by atoms with E-state index in [1.165, 1.54) is 12.4 Å². The molecule has 1 atom stereocenters. The third kappa shape index (κ3) is 4.75. The Hall–Kier alpha value is -1.00. The van der Waals surface area contributed by atoms with Crippen LogP contribution in [0.4, 0.5) is 0 Å². The molecule has 0 aliphatic carbocycles. The van der Waals surface area contributed by atoms with Gasteiger partial charge in [-0.25, -0.2) is 13.1 Å². The van der Waals surface area contributed by atoms with Crippen LogP contribution >= 0.6 is 0 Å². The van der Waals surface area contributed by atoms with Crippen LogP contribution in [-0.4, -0.2) is 69.0 Å². The molecule has 1 saturated heterocycles. The molecule has 1 aliphatic rings. The van der Waals surface area contributed by atoms with E-state index in [1.807, 2.05) is 7.05 Å². The molecule has 1 aromatic heterocycles. The van der Waals surface area contributed by atoms with E-state index in [9.17, 15) is 8.42 Å². The maximum absolute atomic E-state index is 12.2. The number of nitrogens with two attached hydrogens (primary N) is 1. The number of hydrogen-bond acceptors (Lipinski definition) is 6. The van der Waals surface area contributed by atoms with Crippen LogP contribution in [0.15, 0.2) is 17.3 Å². The fraction of sp³-hybridized carbons (Fsp3) is 0.750. The molecule has 2 heterocycles. The Morgan fingerprint density at radius 2 is 2.38 bits per heavy atom. The first kappa shape index (κ1) is 16.4. The average Bonchev–Trinajstić information content (AvgIpc) is 2.93. The van der Waals surface area contributed by atoms with Crippen molar-refractivity contribution in [2.24, 2.45) is 5.73 Å². The fourth-order valence-corrected chi connectivity index (χ4v) is 3.15. The molecule has 1 fully saturated rings.